The molecule has 3 heterocycles. The van der Waals surface area contributed by atoms with E-state index in [1.807, 2.05) is 24.3 Å². The van der Waals surface area contributed by atoms with E-state index in [9.17, 15) is 9.59 Å². The summed E-state index contributed by atoms with van der Waals surface area (Å²) in [6.07, 6.45) is 2.68. The van der Waals surface area contributed by atoms with Crippen LogP contribution in [0.15, 0.2) is 71.0 Å². The monoisotopic (exact) mass is 631 g/mol. The van der Waals surface area contributed by atoms with Crippen LogP contribution in [0.4, 0.5) is 0 Å². The van der Waals surface area contributed by atoms with E-state index in [4.69, 9.17) is 35.5 Å². The summed E-state index contributed by atoms with van der Waals surface area (Å²) in [6.45, 7) is 0. The molecule has 3 aromatic heterocycles. The van der Waals surface area contributed by atoms with Crippen LogP contribution in [-0.2, 0) is 46.3 Å². The Bertz CT molecular complexity index is 1160. The second kappa shape index (κ2) is 10.8. The molecule has 1 aromatic carbocycles. The van der Waals surface area contributed by atoms with Crippen LogP contribution in [0.5, 0.6) is 0 Å². The van der Waals surface area contributed by atoms with Gasteiger partial charge in [0, 0.05) is 12.4 Å². The molecule has 0 atom stereocenters. The molecular weight excluding hydrogens is 619 g/mol. The third kappa shape index (κ3) is 6.21. The van der Waals surface area contributed by atoms with Crippen molar-refractivity contribution in [3.8, 4) is 11.4 Å². The van der Waals surface area contributed by atoms with Crippen molar-refractivity contribution in [3.05, 3.63) is 72.1 Å². The van der Waals surface area contributed by atoms with E-state index in [0.29, 0.717) is 21.4 Å². The molecule has 8 nitrogen and oxygen atoms in total. The molecule has 2 N–H and O–H groups in total. The van der Waals surface area contributed by atoms with E-state index < -0.39 is 11.9 Å². The van der Waals surface area contributed by atoms with Crippen molar-refractivity contribution < 1.29 is 40.9 Å². The Morgan fingerprint density at radius 2 is 1.10 bits per heavy atom. The number of carboxylic acid groups (broad SMARTS) is 2. The van der Waals surface area contributed by atoms with Crippen LogP contribution in [0, 0.1) is 0 Å². The molecule has 0 aliphatic rings. The minimum Gasteiger partial charge on any atom is -0.760 e. The maximum absolute atomic E-state index is 10.8. The van der Waals surface area contributed by atoms with Gasteiger partial charge in [0.1, 0.15) is 0 Å². The Morgan fingerprint density at radius 1 is 0.710 bits per heavy atom. The van der Waals surface area contributed by atoms with Gasteiger partial charge < -0.3 is 35.5 Å². The average molecular weight is 632 g/mol. The number of hydrogen-bond acceptors (Lipinski definition) is 8. The molecule has 0 radical (unpaired) electrons. The minimum absolute atomic E-state index is 0. The van der Waals surface area contributed by atoms with Crippen molar-refractivity contribution in [2.75, 3.05) is 0 Å². The maximum Gasteiger partial charge on any atom is 2.00 e. The van der Waals surface area contributed by atoms with Gasteiger partial charge in [-0.05, 0) is 36.4 Å². The summed E-state index contributed by atoms with van der Waals surface area (Å²) in [4.78, 5) is 37.8. The molecule has 0 amide bonds. The molecule has 158 valence electrons. The maximum atomic E-state index is 10.8. The number of nitrogens with zero attached hydrogens (tertiary/aromatic N) is 4. The number of para-hydroxylation sites is 2. The molecular formula is C20H12N4O4PtS2. The molecule has 0 saturated carbocycles. The summed E-state index contributed by atoms with van der Waals surface area (Å²) in [5, 5.41) is 18.5. The van der Waals surface area contributed by atoms with Gasteiger partial charge in [0.25, 0.3) is 0 Å². The number of carbonyl (C=O) groups is 2. The molecule has 31 heavy (non-hydrogen) atoms. The number of benzene rings is 1. The molecule has 0 bridgehead atoms. The van der Waals surface area contributed by atoms with Crippen molar-refractivity contribution in [3.63, 3.8) is 0 Å². The fourth-order valence-corrected chi connectivity index (χ4v) is 2.66. The van der Waals surface area contributed by atoms with Gasteiger partial charge in [-0.25, -0.2) is 9.59 Å². The molecule has 0 fully saturated rings. The van der Waals surface area contributed by atoms with Crippen LogP contribution in [0.25, 0.3) is 22.4 Å². The quantitative estimate of drug-likeness (QED) is 0.326. The van der Waals surface area contributed by atoms with Gasteiger partial charge in [-0.3, -0.25) is 19.9 Å². The molecule has 0 unspecified atom stereocenters. The minimum atomic E-state index is -1.08. The van der Waals surface area contributed by atoms with Crippen molar-refractivity contribution in [2.45, 2.75) is 10.1 Å². The number of carboxylic acids is 2. The zero-order chi connectivity index (χ0) is 21.7. The third-order valence-electron chi connectivity index (χ3n) is 3.78. The fraction of sp³-hybridized carbons (Fsp3) is 0. The molecule has 0 spiro atoms. The zero-order valence-corrected chi connectivity index (χ0v) is 19.3. The van der Waals surface area contributed by atoms with Crippen molar-refractivity contribution in [1.82, 2.24) is 19.9 Å². The first-order valence-electron chi connectivity index (χ1n) is 8.35. The molecule has 11 heteroatoms. The number of aromatic carboxylic acids is 2. The predicted octanol–water partition coefficient (Wildman–Crippen LogP) is 2.98. The van der Waals surface area contributed by atoms with E-state index in [0.717, 1.165) is 11.0 Å². The van der Waals surface area contributed by atoms with Gasteiger partial charge in [-0.15, -0.1) is 0 Å². The SMILES string of the molecule is O=C(O)c1ccnc(-c2cc(C(=O)O)ccn2)c1.[Pt+2].[S-]c1nc2ccccc2nc1[S-]. The Labute approximate surface area is 201 Å². The fourth-order valence-electron chi connectivity index (χ4n) is 2.37. The number of hydrogen-bond donors (Lipinski definition) is 2. The second-order valence-corrected chi connectivity index (χ2v) is 6.57. The van der Waals surface area contributed by atoms with E-state index in [-0.39, 0.29) is 32.2 Å². The molecule has 4 aromatic rings. The first-order chi connectivity index (χ1) is 14.3. The largest absolute Gasteiger partial charge is 2.00 e. The van der Waals surface area contributed by atoms with Gasteiger partial charge in [0.05, 0.1) is 33.5 Å². The van der Waals surface area contributed by atoms with Crippen LogP contribution >= 0.6 is 0 Å². The Balaban J connectivity index is 0.000000229. The van der Waals surface area contributed by atoms with E-state index in [1.54, 1.807) is 0 Å². The summed E-state index contributed by atoms with van der Waals surface area (Å²) in [5.74, 6) is -2.15. The zero-order valence-electron chi connectivity index (χ0n) is 15.4. The van der Waals surface area contributed by atoms with Crippen LogP contribution in [-0.4, -0.2) is 42.1 Å². The van der Waals surface area contributed by atoms with Crippen molar-refractivity contribution in [2.24, 2.45) is 0 Å². The normalized spacial score (nSPS) is 9.81. The average Bonchev–Trinajstić information content (AvgIpc) is 2.75. The van der Waals surface area contributed by atoms with Gasteiger partial charge in [-0.2, -0.15) is 0 Å². The number of fused-ring (bicyclic) bond motifs is 1. The summed E-state index contributed by atoms with van der Waals surface area (Å²) in [5.41, 5.74) is 2.38. The second-order valence-electron chi connectivity index (χ2n) is 5.79. The Kier molecular flexibility index (Phi) is 8.44. The van der Waals surface area contributed by atoms with Gasteiger partial charge >= 0.3 is 33.0 Å². The van der Waals surface area contributed by atoms with Gasteiger partial charge in [0.2, 0.25) is 0 Å². The summed E-state index contributed by atoms with van der Waals surface area (Å²) in [6, 6.07) is 12.9. The number of rotatable bonds is 3. The first kappa shape index (κ1) is 24.2. The van der Waals surface area contributed by atoms with E-state index in [1.165, 1.54) is 36.7 Å². The van der Waals surface area contributed by atoms with Gasteiger partial charge in [-0.1, -0.05) is 22.2 Å². The smallest absolute Gasteiger partial charge is 0.760 e. The van der Waals surface area contributed by atoms with Crippen LogP contribution in [0.3, 0.4) is 0 Å². The van der Waals surface area contributed by atoms with Crippen LogP contribution in [0.1, 0.15) is 20.7 Å². The molecule has 4 rings (SSSR count). The van der Waals surface area contributed by atoms with Crippen molar-refractivity contribution in [1.29, 1.82) is 0 Å². The van der Waals surface area contributed by atoms with E-state index >= 15 is 0 Å². The Hall–Kier alpha value is -3.07. The topological polar surface area (TPSA) is 126 Å². The van der Waals surface area contributed by atoms with Crippen LogP contribution < -0.4 is 0 Å². The summed E-state index contributed by atoms with van der Waals surface area (Å²) < 4.78 is 0. The molecule has 0 aliphatic carbocycles. The van der Waals surface area contributed by atoms with Gasteiger partial charge in [0.15, 0.2) is 0 Å². The summed E-state index contributed by atoms with van der Waals surface area (Å²) in [7, 11) is 0. The standard InChI is InChI=1S/C12H8N2O4.C8H6N2S2.Pt/c15-11(16)7-1-3-13-9(5-7)10-6-8(12(17)18)2-4-14-10;11-7-8(12)10-6-4-2-1-3-5(6)9-7;/h1-6H,(H,15,16)(H,17,18);1-4H,(H,9,11)(H,10,12);/q;;+2/p-2. The predicted molar refractivity (Wildman–Crippen MR) is 112 cm³/mol. The first-order valence-corrected chi connectivity index (χ1v) is 9.16. The summed E-state index contributed by atoms with van der Waals surface area (Å²) >= 11 is 9.81. The molecule has 0 aliphatic heterocycles. The van der Waals surface area contributed by atoms with Crippen molar-refractivity contribution >= 4 is 48.2 Å². The Morgan fingerprint density at radius 3 is 1.45 bits per heavy atom. The van der Waals surface area contributed by atoms with Crippen LogP contribution in [0.2, 0.25) is 0 Å². The number of aromatic nitrogens is 4. The van der Waals surface area contributed by atoms with E-state index in [2.05, 4.69) is 19.9 Å². The molecule has 0 saturated heterocycles. The number of pyridine rings is 2. The third-order valence-corrected chi connectivity index (χ3v) is 4.48.